The molecule has 0 bridgehead atoms. The minimum atomic E-state index is -0.975. The van der Waals surface area contributed by atoms with Crippen molar-refractivity contribution in [1.29, 1.82) is 0 Å². The van der Waals surface area contributed by atoms with Gasteiger partial charge in [-0.2, -0.15) is 29.9 Å². The van der Waals surface area contributed by atoms with Crippen molar-refractivity contribution in [3.63, 3.8) is 0 Å². The summed E-state index contributed by atoms with van der Waals surface area (Å²) in [7, 11) is 0. The standard InChI is InChI=1S/C17H19N3O3.C17H14N2O4.C16H9N3O3S.C16H13N3O3.C15H11N3O3S.C15H11N3O3/c1-11(2)20-9-7-13(8-10-20)16-18-15(19-23-16)12-3-5-14(6-4-12)17(21)22;1-11-3-2-4-14(9-11)22-10-15-18-16(19-23-15)12-5-7-13(8-6-12)17(20)21;20-16(21)10-7-5-9(6-8-10)13-18-14(22-19-13)15-17-11-3-1-2-4-12(11)23-15;1-2-13-8-7-12(9-17-13)15-18-14(19-22-15)10-3-5-11(6-4-10)16(20)21;1-22-14-11(3-2-8-16-14)13-17-12(18-21-13)9-4-6-10(7-5-9)15(19)20;1-9-2-3-12(8-16-9)14-17-13(18-21-14)10-4-6-11(7-5-10)15(19)20/h3-6,13H,1,7-10H2,2H3,(H,21,22);2-9H,10H2,1H3,(H,20,21);1-8H,(H,20,21);3-9H,2H2,1H3,(H,20,21);2-8H,1H3,(H,19,20);2-8H,1H3,(H,19,20). The Hall–Kier alpha value is -17.6. The van der Waals surface area contributed by atoms with Crippen molar-refractivity contribution in [2.75, 3.05) is 19.3 Å². The van der Waals surface area contributed by atoms with E-state index < -0.39 is 35.8 Å². The molecule has 6 N–H and O–H groups in total. The first kappa shape index (κ1) is 92.6. The molecule has 11 heterocycles. The molecule has 0 aliphatic carbocycles. The molecule has 134 heavy (non-hydrogen) atoms. The second kappa shape index (κ2) is 43.5. The molecule has 672 valence electrons. The summed E-state index contributed by atoms with van der Waals surface area (Å²) in [6.07, 6.45) is 9.79. The van der Waals surface area contributed by atoms with Gasteiger partial charge in [-0.15, -0.1) is 23.1 Å². The molecule has 18 aromatic rings. The van der Waals surface area contributed by atoms with E-state index in [-0.39, 0.29) is 45.9 Å². The van der Waals surface area contributed by atoms with Gasteiger partial charge in [-0.3, -0.25) is 9.97 Å². The number of carbonyl (C=O) groups is 6. The molecule has 10 aromatic heterocycles. The van der Waals surface area contributed by atoms with Crippen LogP contribution in [0, 0.1) is 13.8 Å². The molecule has 0 saturated carbocycles. The van der Waals surface area contributed by atoms with Crippen LogP contribution in [-0.4, -0.2) is 171 Å². The molecule has 36 nitrogen and oxygen atoms in total. The van der Waals surface area contributed by atoms with E-state index in [0.29, 0.717) is 103 Å². The number of hydrogen-bond donors (Lipinski definition) is 6. The number of benzene rings is 8. The number of thioether (sulfide) groups is 1. The quantitative estimate of drug-likeness (QED) is 0.0324. The summed E-state index contributed by atoms with van der Waals surface area (Å²) in [6, 6.07) is 64.6. The molecule has 19 rings (SSSR count). The van der Waals surface area contributed by atoms with Crippen LogP contribution in [0.2, 0.25) is 0 Å². The molecular formula is C96H77N17O19S2. The number of aromatic nitrogens is 16. The molecule has 0 spiro atoms. The fraction of sp³-hybridized carbons (Fsp3) is 0.125. The van der Waals surface area contributed by atoms with Gasteiger partial charge < -0.3 is 67.4 Å². The van der Waals surface area contributed by atoms with Crippen LogP contribution in [0.4, 0.5) is 0 Å². The van der Waals surface area contributed by atoms with Crippen molar-refractivity contribution in [2.24, 2.45) is 0 Å². The van der Waals surface area contributed by atoms with Crippen molar-refractivity contribution in [2.45, 2.75) is 64.5 Å². The van der Waals surface area contributed by atoms with Crippen molar-refractivity contribution >= 4 is 69.1 Å². The van der Waals surface area contributed by atoms with Crippen LogP contribution in [-0.2, 0) is 13.0 Å². The normalized spacial score (nSPS) is 11.5. The summed E-state index contributed by atoms with van der Waals surface area (Å²) in [6.45, 7) is 14.0. The van der Waals surface area contributed by atoms with Crippen molar-refractivity contribution in [1.82, 2.24) is 85.7 Å². The summed E-state index contributed by atoms with van der Waals surface area (Å²) in [5.74, 6) is 0.200. The number of rotatable bonds is 23. The zero-order valence-electron chi connectivity index (χ0n) is 71.6. The average molecular weight is 1840 g/mol. The molecule has 0 atom stereocenters. The highest BCUT2D eigenvalue weighted by Crippen LogP contribution is 2.35. The van der Waals surface area contributed by atoms with E-state index in [1.807, 2.05) is 113 Å². The highest BCUT2D eigenvalue weighted by molar-refractivity contribution is 7.98. The molecule has 0 radical (unpaired) electrons. The van der Waals surface area contributed by atoms with Gasteiger partial charge in [-0.25, -0.2) is 38.7 Å². The Bertz CT molecular complexity index is 7090. The van der Waals surface area contributed by atoms with E-state index in [4.69, 9.17) is 62.5 Å². The number of carboxylic acids is 6. The highest BCUT2D eigenvalue weighted by Gasteiger charge is 2.27. The Kier molecular flexibility index (Phi) is 30.1. The molecule has 0 unspecified atom stereocenters. The Labute approximate surface area is 768 Å². The van der Waals surface area contributed by atoms with Gasteiger partial charge in [0.15, 0.2) is 11.6 Å². The molecule has 1 fully saturated rings. The zero-order chi connectivity index (χ0) is 94.3. The van der Waals surface area contributed by atoms with Crippen LogP contribution in [0.5, 0.6) is 5.75 Å². The molecular weight excluding hydrogens is 1760 g/mol. The number of thiazole rings is 1. The van der Waals surface area contributed by atoms with Crippen LogP contribution in [0.15, 0.2) is 294 Å². The lowest BCUT2D eigenvalue weighted by Crippen LogP contribution is -2.31. The number of hydrogen-bond acceptors (Lipinski definition) is 32. The molecule has 8 aromatic carbocycles. The topological polar surface area (TPSA) is 521 Å². The smallest absolute Gasteiger partial charge is 0.335 e. The first-order valence-electron chi connectivity index (χ1n) is 40.7. The van der Waals surface area contributed by atoms with Gasteiger partial charge >= 0.3 is 35.8 Å². The number of fused-ring (bicyclic) bond motifs is 1. The van der Waals surface area contributed by atoms with Crippen LogP contribution >= 0.6 is 23.1 Å². The minimum Gasteiger partial charge on any atom is -0.484 e. The lowest BCUT2D eigenvalue weighted by atomic mass is 9.96. The number of nitrogens with zero attached hydrogens (tertiary/aromatic N) is 17. The predicted octanol–water partition coefficient (Wildman–Crippen LogP) is 19.3. The lowest BCUT2D eigenvalue weighted by Gasteiger charge is -2.32. The number of ether oxygens (including phenoxy) is 1. The lowest BCUT2D eigenvalue weighted by molar-refractivity contribution is 0.0686. The maximum absolute atomic E-state index is 10.9. The van der Waals surface area contributed by atoms with Gasteiger partial charge in [0.05, 0.1) is 60.3 Å². The third kappa shape index (κ3) is 24.1. The van der Waals surface area contributed by atoms with Gasteiger partial charge in [0, 0.05) is 88.1 Å². The van der Waals surface area contributed by atoms with E-state index in [0.717, 1.165) is 98.2 Å². The van der Waals surface area contributed by atoms with E-state index in [1.54, 1.807) is 110 Å². The monoisotopic (exact) mass is 1840 g/mol. The van der Waals surface area contributed by atoms with E-state index in [9.17, 15) is 28.8 Å². The number of piperidine rings is 1. The number of aromatic carboxylic acids is 6. The fourth-order valence-corrected chi connectivity index (χ4v) is 14.1. The van der Waals surface area contributed by atoms with Gasteiger partial charge in [-0.1, -0.05) is 142 Å². The van der Waals surface area contributed by atoms with E-state index in [1.165, 1.54) is 83.8 Å². The zero-order valence-corrected chi connectivity index (χ0v) is 73.2. The van der Waals surface area contributed by atoms with Crippen molar-refractivity contribution in [3.05, 3.63) is 324 Å². The van der Waals surface area contributed by atoms with Crippen LogP contribution in [0.3, 0.4) is 0 Å². The maximum Gasteiger partial charge on any atom is 0.335 e. The number of likely N-dealkylation sites (tertiary alicyclic amines) is 1. The molecule has 38 heteroatoms. The summed E-state index contributed by atoms with van der Waals surface area (Å²) >= 11 is 2.98. The summed E-state index contributed by atoms with van der Waals surface area (Å²) < 4.78 is 38.2. The minimum absolute atomic E-state index is 0.170. The van der Waals surface area contributed by atoms with Crippen molar-refractivity contribution in [3.8, 4) is 119 Å². The van der Waals surface area contributed by atoms with Gasteiger partial charge in [-0.05, 0) is 185 Å². The second-order valence-electron chi connectivity index (χ2n) is 29.2. The fourth-order valence-electron chi connectivity index (χ4n) is 12.7. The summed E-state index contributed by atoms with van der Waals surface area (Å²) in [4.78, 5) is 111. The molecule has 1 aliphatic rings. The SMILES string of the molecule is C=C(C)N1CCC(c2nc(-c3ccc(C(=O)O)cc3)no2)CC1.CCc1ccc(-c2nc(-c3ccc(C(=O)O)cc3)no2)cn1.CSc1ncccc1-c1nc(-c2ccc(C(=O)O)cc2)no1.Cc1ccc(-c2nc(-c3ccc(C(=O)O)cc3)no2)cn1.Cc1cccc(OCc2nc(-c3ccc(C(=O)O)cc3)no2)c1.O=C(O)c1ccc(-c2noc(-c3nc4ccccc4s3)n2)cc1. The number of para-hydroxylation sites is 1. The predicted molar refractivity (Wildman–Crippen MR) is 488 cm³/mol. The van der Waals surface area contributed by atoms with Crippen LogP contribution in [0.25, 0.3) is 124 Å². The number of allylic oxidation sites excluding steroid dienone is 1. The largest absolute Gasteiger partial charge is 0.484 e. The summed E-state index contributed by atoms with van der Waals surface area (Å²) in [5, 5.41) is 78.4. The van der Waals surface area contributed by atoms with Crippen molar-refractivity contribution < 1.29 is 91.3 Å². The van der Waals surface area contributed by atoms with Crippen LogP contribution < -0.4 is 4.74 Å². The molecule has 1 saturated heterocycles. The number of carboxylic acid groups (broad SMARTS) is 6. The van der Waals surface area contributed by atoms with Gasteiger partial charge in [0.1, 0.15) is 10.8 Å². The van der Waals surface area contributed by atoms with Gasteiger partial charge in [0.2, 0.25) is 40.8 Å². The molecule has 0 amide bonds. The third-order valence-electron chi connectivity index (χ3n) is 20.0. The highest BCUT2D eigenvalue weighted by atomic mass is 32.2. The Morgan fingerprint density at radius 1 is 0.433 bits per heavy atom. The number of pyridine rings is 3. The Morgan fingerprint density at radius 2 is 0.843 bits per heavy atom. The number of aryl methyl sites for hydroxylation is 3. The first-order valence-corrected chi connectivity index (χ1v) is 42.8. The van der Waals surface area contributed by atoms with E-state index >= 15 is 0 Å². The van der Waals surface area contributed by atoms with E-state index in [2.05, 4.69) is 92.3 Å². The third-order valence-corrected chi connectivity index (χ3v) is 21.7. The molecule has 1 aliphatic heterocycles. The first-order chi connectivity index (χ1) is 64.8. The van der Waals surface area contributed by atoms with Crippen LogP contribution in [0.1, 0.15) is 123 Å². The van der Waals surface area contributed by atoms with Gasteiger partial charge in [0.25, 0.3) is 29.5 Å². The Balaban J connectivity index is 0.000000129. The maximum atomic E-state index is 10.9. The summed E-state index contributed by atoms with van der Waals surface area (Å²) in [5.41, 5.74) is 12.7. The second-order valence-corrected chi connectivity index (χ2v) is 31.0. The Morgan fingerprint density at radius 3 is 1.27 bits per heavy atom. The average Bonchev–Trinajstić information content (AvgIpc) is 1.64.